The molecule has 0 bridgehead atoms. The molecule has 1 unspecified atom stereocenters. The van der Waals surface area contributed by atoms with Gasteiger partial charge in [-0.05, 0) is 54.4 Å². The summed E-state index contributed by atoms with van der Waals surface area (Å²) >= 11 is 0. The lowest BCUT2D eigenvalue weighted by Crippen LogP contribution is -2.38. The third kappa shape index (κ3) is 2.20. The summed E-state index contributed by atoms with van der Waals surface area (Å²) in [6, 6.07) is 12.9. The summed E-state index contributed by atoms with van der Waals surface area (Å²) in [5.74, 6) is 0.892. The predicted octanol–water partition coefficient (Wildman–Crippen LogP) is 2.60. The summed E-state index contributed by atoms with van der Waals surface area (Å²) in [5, 5.41) is 5.78. The van der Waals surface area contributed by atoms with Gasteiger partial charge in [0.05, 0.1) is 13.2 Å². The normalized spacial score (nSPS) is 18.3. The molecule has 3 N–H and O–H groups in total. The second-order valence-electron chi connectivity index (χ2n) is 5.43. The van der Waals surface area contributed by atoms with E-state index in [4.69, 9.17) is 10.5 Å². The zero-order valence-corrected chi connectivity index (χ0v) is 11.4. The summed E-state index contributed by atoms with van der Waals surface area (Å²) < 4.78 is 5.25. The highest BCUT2D eigenvalue weighted by atomic mass is 16.5. The molecule has 0 aliphatic heterocycles. The number of ether oxygens (including phenoxy) is 1. The number of hydrogen-bond acceptors (Lipinski definition) is 3. The molecule has 1 fully saturated rings. The van der Waals surface area contributed by atoms with E-state index in [1.165, 1.54) is 16.3 Å². The van der Waals surface area contributed by atoms with Crippen LogP contribution in [0.25, 0.3) is 10.8 Å². The molecule has 0 aromatic heterocycles. The maximum Gasteiger partial charge on any atom is 0.119 e. The summed E-state index contributed by atoms with van der Waals surface area (Å²) in [6.45, 7) is 0. The summed E-state index contributed by atoms with van der Waals surface area (Å²) in [7, 11) is 3.67. The van der Waals surface area contributed by atoms with Crippen LogP contribution in [0.5, 0.6) is 5.75 Å². The third-order valence-corrected chi connectivity index (χ3v) is 4.10. The lowest BCUT2D eigenvalue weighted by atomic mass is 9.95. The van der Waals surface area contributed by atoms with Gasteiger partial charge in [-0.1, -0.05) is 18.2 Å². The minimum Gasteiger partial charge on any atom is -0.497 e. The number of nitrogens with one attached hydrogen (secondary N) is 1. The highest BCUT2D eigenvalue weighted by Gasteiger charge is 2.45. The molecule has 0 saturated heterocycles. The second-order valence-corrected chi connectivity index (χ2v) is 5.43. The fourth-order valence-corrected chi connectivity index (χ4v) is 2.77. The van der Waals surface area contributed by atoms with Gasteiger partial charge in [-0.25, -0.2) is 0 Å². The Bertz CT molecular complexity index is 605. The van der Waals surface area contributed by atoms with Crippen molar-refractivity contribution in [3.63, 3.8) is 0 Å². The van der Waals surface area contributed by atoms with Crippen molar-refractivity contribution in [3.8, 4) is 5.75 Å². The molecule has 19 heavy (non-hydrogen) atoms. The first-order valence-corrected chi connectivity index (χ1v) is 6.70. The molecule has 3 rings (SSSR count). The Labute approximate surface area is 113 Å². The number of benzene rings is 2. The molecule has 0 amide bonds. The van der Waals surface area contributed by atoms with Crippen LogP contribution in [0.15, 0.2) is 36.4 Å². The third-order valence-electron chi connectivity index (χ3n) is 4.10. The Hall–Kier alpha value is -1.58. The van der Waals surface area contributed by atoms with E-state index >= 15 is 0 Å². The monoisotopic (exact) mass is 256 g/mol. The van der Waals surface area contributed by atoms with Crippen molar-refractivity contribution in [3.05, 3.63) is 42.0 Å². The van der Waals surface area contributed by atoms with Crippen LogP contribution in [-0.4, -0.2) is 19.7 Å². The van der Waals surface area contributed by atoms with Gasteiger partial charge in [0.15, 0.2) is 0 Å². The highest BCUT2D eigenvalue weighted by molar-refractivity contribution is 5.84. The summed E-state index contributed by atoms with van der Waals surface area (Å²) in [5.41, 5.74) is 7.54. The van der Waals surface area contributed by atoms with Crippen LogP contribution < -0.4 is 15.8 Å². The van der Waals surface area contributed by atoms with E-state index in [0.29, 0.717) is 0 Å². The molecular formula is C16H20N2O. The zero-order valence-electron chi connectivity index (χ0n) is 11.4. The van der Waals surface area contributed by atoms with Gasteiger partial charge in [-0.15, -0.1) is 0 Å². The largest absolute Gasteiger partial charge is 0.497 e. The Morgan fingerprint density at radius 2 is 1.84 bits per heavy atom. The van der Waals surface area contributed by atoms with Crippen LogP contribution in [-0.2, 0) is 0 Å². The number of rotatable bonds is 4. The molecule has 3 heteroatoms. The topological polar surface area (TPSA) is 47.3 Å². The smallest absolute Gasteiger partial charge is 0.119 e. The van der Waals surface area contributed by atoms with Crippen LogP contribution >= 0.6 is 0 Å². The minimum atomic E-state index is -0.0606. The summed E-state index contributed by atoms with van der Waals surface area (Å²) in [6.07, 6.45) is 2.19. The standard InChI is InChI=1S/C16H20N2O/c1-18-15(16(17)7-8-16)13-4-3-12-10-14(19-2)6-5-11(12)9-13/h3-6,9-10,15,18H,7-8,17H2,1-2H3. The molecule has 100 valence electrons. The van der Waals surface area contributed by atoms with Crippen molar-refractivity contribution in [2.24, 2.45) is 5.73 Å². The number of fused-ring (bicyclic) bond motifs is 1. The first-order chi connectivity index (χ1) is 9.16. The van der Waals surface area contributed by atoms with E-state index in [1.54, 1.807) is 7.11 Å². The molecule has 0 radical (unpaired) electrons. The second kappa shape index (κ2) is 4.51. The molecule has 1 aliphatic carbocycles. The lowest BCUT2D eigenvalue weighted by molar-refractivity contribution is 0.415. The van der Waals surface area contributed by atoms with Crippen molar-refractivity contribution in [2.45, 2.75) is 24.4 Å². The average Bonchev–Trinajstić information content (AvgIpc) is 3.17. The Kier molecular flexibility index (Phi) is 2.96. The SMILES string of the molecule is CNC(c1ccc2cc(OC)ccc2c1)C1(N)CC1. The van der Waals surface area contributed by atoms with Crippen molar-refractivity contribution < 1.29 is 4.74 Å². The van der Waals surface area contributed by atoms with Crippen LogP contribution in [0.2, 0.25) is 0 Å². The van der Waals surface area contributed by atoms with Crippen molar-refractivity contribution in [2.75, 3.05) is 14.2 Å². The van der Waals surface area contributed by atoms with Crippen molar-refractivity contribution in [1.82, 2.24) is 5.32 Å². The Balaban J connectivity index is 2.01. The number of methoxy groups -OCH3 is 1. The van der Waals surface area contributed by atoms with E-state index in [0.717, 1.165) is 18.6 Å². The molecule has 1 saturated carbocycles. The Morgan fingerprint density at radius 1 is 1.16 bits per heavy atom. The summed E-state index contributed by atoms with van der Waals surface area (Å²) in [4.78, 5) is 0. The van der Waals surface area contributed by atoms with Crippen LogP contribution in [0.1, 0.15) is 24.4 Å². The fraction of sp³-hybridized carbons (Fsp3) is 0.375. The molecule has 1 atom stereocenters. The van der Waals surface area contributed by atoms with E-state index < -0.39 is 0 Å². The first kappa shape index (κ1) is 12.5. The first-order valence-electron chi connectivity index (χ1n) is 6.70. The average molecular weight is 256 g/mol. The quantitative estimate of drug-likeness (QED) is 0.884. The van der Waals surface area contributed by atoms with E-state index in [2.05, 4.69) is 35.6 Å². The van der Waals surface area contributed by atoms with E-state index in [1.807, 2.05) is 13.1 Å². The fourth-order valence-electron chi connectivity index (χ4n) is 2.77. The molecule has 0 spiro atoms. The van der Waals surface area contributed by atoms with Gasteiger partial charge in [0.2, 0.25) is 0 Å². The maximum atomic E-state index is 6.34. The number of nitrogens with two attached hydrogens (primary N) is 1. The van der Waals surface area contributed by atoms with Crippen molar-refractivity contribution >= 4 is 10.8 Å². The predicted molar refractivity (Wildman–Crippen MR) is 78.5 cm³/mol. The van der Waals surface area contributed by atoms with Gasteiger partial charge >= 0.3 is 0 Å². The van der Waals surface area contributed by atoms with Crippen molar-refractivity contribution in [1.29, 1.82) is 0 Å². The molecule has 3 nitrogen and oxygen atoms in total. The van der Waals surface area contributed by atoms with Crippen LogP contribution in [0.3, 0.4) is 0 Å². The van der Waals surface area contributed by atoms with Gasteiger partial charge in [-0.3, -0.25) is 0 Å². The van der Waals surface area contributed by atoms with Crippen LogP contribution in [0.4, 0.5) is 0 Å². The van der Waals surface area contributed by atoms with Gasteiger partial charge in [-0.2, -0.15) is 0 Å². The maximum absolute atomic E-state index is 6.34. The molecule has 2 aromatic rings. The van der Waals surface area contributed by atoms with Gasteiger partial charge in [0, 0.05) is 5.54 Å². The van der Waals surface area contributed by atoms with Gasteiger partial charge < -0.3 is 15.8 Å². The lowest BCUT2D eigenvalue weighted by Gasteiger charge is -2.23. The molecule has 2 aromatic carbocycles. The van der Waals surface area contributed by atoms with Crippen LogP contribution in [0, 0.1) is 0 Å². The minimum absolute atomic E-state index is 0.0606. The molecular weight excluding hydrogens is 236 g/mol. The van der Waals surface area contributed by atoms with Gasteiger partial charge in [0.25, 0.3) is 0 Å². The molecule has 0 heterocycles. The van der Waals surface area contributed by atoms with E-state index in [-0.39, 0.29) is 11.6 Å². The zero-order chi connectivity index (χ0) is 13.5. The number of hydrogen-bond donors (Lipinski definition) is 2. The highest BCUT2D eigenvalue weighted by Crippen LogP contribution is 2.43. The Morgan fingerprint density at radius 3 is 2.47 bits per heavy atom. The van der Waals surface area contributed by atoms with Gasteiger partial charge in [0.1, 0.15) is 5.75 Å². The van der Waals surface area contributed by atoms with E-state index in [9.17, 15) is 0 Å². The molecule has 1 aliphatic rings. The number of likely N-dealkylation sites (N-methyl/N-ethyl adjacent to an activating group) is 1.